The van der Waals surface area contributed by atoms with Gasteiger partial charge < -0.3 is 10.1 Å². The number of thiazole rings is 1. The Kier molecular flexibility index (Phi) is 4.96. The van der Waals surface area contributed by atoms with E-state index in [4.69, 9.17) is 16.3 Å². The first-order chi connectivity index (χ1) is 11.8. The Morgan fingerprint density at radius 3 is 2.76 bits per heavy atom. The average Bonchev–Trinajstić information content (AvgIpc) is 3.14. The number of anilines is 2. The van der Waals surface area contributed by atoms with E-state index in [2.05, 4.69) is 41.2 Å². The summed E-state index contributed by atoms with van der Waals surface area (Å²) in [6.07, 6.45) is 1.63. The number of hydrogen-bond donors (Lipinski definition) is 1. The van der Waals surface area contributed by atoms with Crippen molar-refractivity contribution < 1.29 is 4.74 Å². The molecule has 0 bridgehead atoms. The lowest BCUT2D eigenvalue weighted by atomic mass is 9.87. The van der Waals surface area contributed by atoms with E-state index in [1.54, 1.807) is 11.0 Å². The molecule has 0 radical (unpaired) electrons. The van der Waals surface area contributed by atoms with E-state index in [0.717, 1.165) is 5.01 Å². The number of aromatic nitrogens is 4. The van der Waals surface area contributed by atoms with Crippen LogP contribution in [0.25, 0.3) is 0 Å². The van der Waals surface area contributed by atoms with E-state index < -0.39 is 0 Å². The summed E-state index contributed by atoms with van der Waals surface area (Å²) in [4.78, 5) is 8.58. The largest absolute Gasteiger partial charge is 0.485 e. The van der Waals surface area contributed by atoms with Crippen LogP contribution in [-0.2, 0) is 19.1 Å². The normalized spacial score (nSPS) is 11.6. The summed E-state index contributed by atoms with van der Waals surface area (Å²) in [5.74, 6) is 1.87. The van der Waals surface area contributed by atoms with Crippen LogP contribution in [0.15, 0.2) is 29.9 Å². The standard InChI is InChI=1S/C17H20ClN5OS/c1-17(2,3)11-5-6-13(12(18)7-11)24-8-15-20-14(9-25-15)21-16-19-10-23(4)22-16/h5-7,9-10H,8H2,1-4H3,(H,21,22). The first-order valence-electron chi connectivity index (χ1n) is 7.81. The van der Waals surface area contributed by atoms with Crippen LogP contribution in [0.4, 0.5) is 11.8 Å². The maximum absolute atomic E-state index is 6.34. The van der Waals surface area contributed by atoms with E-state index in [1.165, 1.54) is 16.9 Å². The Balaban J connectivity index is 1.62. The van der Waals surface area contributed by atoms with Gasteiger partial charge >= 0.3 is 0 Å². The number of ether oxygens (including phenoxy) is 1. The molecule has 1 N–H and O–H groups in total. The lowest BCUT2D eigenvalue weighted by molar-refractivity contribution is 0.305. The molecule has 0 atom stereocenters. The molecule has 0 fully saturated rings. The Hall–Kier alpha value is -2.12. The van der Waals surface area contributed by atoms with Crippen LogP contribution in [-0.4, -0.2) is 19.7 Å². The molecule has 2 aromatic heterocycles. The van der Waals surface area contributed by atoms with Crippen LogP contribution >= 0.6 is 22.9 Å². The molecule has 0 aliphatic carbocycles. The maximum Gasteiger partial charge on any atom is 0.247 e. The molecule has 0 saturated carbocycles. The molecule has 0 aliphatic heterocycles. The molecule has 132 valence electrons. The topological polar surface area (TPSA) is 64.9 Å². The molecular formula is C17H20ClN5OS. The number of hydrogen-bond acceptors (Lipinski definition) is 6. The minimum Gasteiger partial charge on any atom is -0.485 e. The third-order valence-corrected chi connectivity index (χ3v) is 4.66. The predicted octanol–water partition coefficient (Wildman–Crippen LogP) is 4.55. The lowest BCUT2D eigenvalue weighted by Crippen LogP contribution is -2.10. The third-order valence-electron chi connectivity index (χ3n) is 3.54. The average molecular weight is 378 g/mol. The molecular weight excluding hydrogens is 358 g/mol. The fraction of sp³-hybridized carbons (Fsp3) is 0.353. The van der Waals surface area contributed by atoms with Crippen LogP contribution in [0.1, 0.15) is 31.3 Å². The number of nitrogens with zero attached hydrogens (tertiary/aromatic N) is 4. The highest BCUT2D eigenvalue weighted by molar-refractivity contribution is 7.10. The number of rotatable bonds is 5. The number of halogens is 1. The third kappa shape index (κ3) is 4.49. The van der Waals surface area contributed by atoms with Gasteiger partial charge in [-0.25, -0.2) is 9.97 Å². The van der Waals surface area contributed by atoms with Crippen molar-refractivity contribution in [2.24, 2.45) is 7.05 Å². The Morgan fingerprint density at radius 2 is 2.12 bits per heavy atom. The zero-order chi connectivity index (χ0) is 18.0. The molecule has 8 heteroatoms. The van der Waals surface area contributed by atoms with Crippen molar-refractivity contribution in [3.05, 3.63) is 45.5 Å². The maximum atomic E-state index is 6.34. The van der Waals surface area contributed by atoms with Crippen LogP contribution in [0, 0.1) is 0 Å². The van der Waals surface area contributed by atoms with Gasteiger partial charge in [-0.05, 0) is 23.1 Å². The summed E-state index contributed by atoms with van der Waals surface area (Å²) >= 11 is 7.85. The molecule has 3 aromatic rings. The van der Waals surface area contributed by atoms with Gasteiger partial charge in [0, 0.05) is 12.4 Å². The second-order valence-corrected chi connectivity index (χ2v) is 8.03. The van der Waals surface area contributed by atoms with E-state index in [1.807, 2.05) is 30.6 Å². The SMILES string of the molecule is Cn1cnc(Nc2csc(COc3ccc(C(C)(C)C)cc3Cl)n2)n1. The van der Waals surface area contributed by atoms with Gasteiger partial charge in [0.05, 0.1) is 5.02 Å². The smallest absolute Gasteiger partial charge is 0.247 e. The first kappa shape index (κ1) is 17.7. The summed E-state index contributed by atoms with van der Waals surface area (Å²) < 4.78 is 7.44. The lowest BCUT2D eigenvalue weighted by Gasteiger charge is -2.20. The summed E-state index contributed by atoms with van der Waals surface area (Å²) in [5, 5.41) is 10.6. The van der Waals surface area contributed by atoms with Crippen molar-refractivity contribution in [2.75, 3.05) is 5.32 Å². The number of nitrogens with one attached hydrogen (secondary N) is 1. The van der Waals surface area contributed by atoms with Crippen molar-refractivity contribution in [3.8, 4) is 5.75 Å². The second-order valence-electron chi connectivity index (χ2n) is 6.68. The Morgan fingerprint density at radius 1 is 1.32 bits per heavy atom. The van der Waals surface area contributed by atoms with Crippen molar-refractivity contribution >= 4 is 34.7 Å². The number of aryl methyl sites for hydroxylation is 1. The quantitative estimate of drug-likeness (QED) is 0.706. The molecule has 25 heavy (non-hydrogen) atoms. The van der Waals surface area contributed by atoms with E-state index in [0.29, 0.717) is 29.1 Å². The zero-order valence-electron chi connectivity index (χ0n) is 14.6. The van der Waals surface area contributed by atoms with Gasteiger partial charge in [-0.3, -0.25) is 4.68 Å². The highest BCUT2D eigenvalue weighted by Crippen LogP contribution is 2.31. The van der Waals surface area contributed by atoms with Crippen molar-refractivity contribution in [2.45, 2.75) is 32.8 Å². The summed E-state index contributed by atoms with van der Waals surface area (Å²) in [6, 6.07) is 5.91. The van der Waals surface area contributed by atoms with Gasteiger partial charge in [-0.1, -0.05) is 38.4 Å². The van der Waals surface area contributed by atoms with Gasteiger partial charge in [-0.15, -0.1) is 16.4 Å². The first-order valence-corrected chi connectivity index (χ1v) is 9.07. The summed E-state index contributed by atoms with van der Waals surface area (Å²) in [5.41, 5.74) is 1.23. The van der Waals surface area contributed by atoms with E-state index in [-0.39, 0.29) is 5.41 Å². The van der Waals surface area contributed by atoms with Crippen LogP contribution < -0.4 is 10.1 Å². The number of benzene rings is 1. The molecule has 3 rings (SSSR count). The van der Waals surface area contributed by atoms with Gasteiger partial charge in [0.25, 0.3) is 0 Å². The monoisotopic (exact) mass is 377 g/mol. The molecule has 0 aliphatic rings. The van der Waals surface area contributed by atoms with Crippen molar-refractivity contribution in [1.29, 1.82) is 0 Å². The minimum atomic E-state index is 0.0531. The Labute approximate surface area is 155 Å². The molecule has 1 aromatic carbocycles. The van der Waals surface area contributed by atoms with Crippen LogP contribution in [0.2, 0.25) is 5.02 Å². The van der Waals surface area contributed by atoms with Crippen molar-refractivity contribution in [1.82, 2.24) is 19.7 Å². The van der Waals surface area contributed by atoms with Crippen molar-refractivity contribution in [3.63, 3.8) is 0 Å². The fourth-order valence-electron chi connectivity index (χ4n) is 2.17. The summed E-state index contributed by atoms with van der Waals surface area (Å²) in [6.45, 7) is 6.82. The predicted molar refractivity (Wildman–Crippen MR) is 101 cm³/mol. The fourth-order valence-corrected chi connectivity index (χ4v) is 3.04. The van der Waals surface area contributed by atoms with Gasteiger partial charge in [-0.2, -0.15) is 0 Å². The molecule has 0 unspecified atom stereocenters. The van der Waals surface area contributed by atoms with Gasteiger partial charge in [0.15, 0.2) is 0 Å². The zero-order valence-corrected chi connectivity index (χ0v) is 16.1. The second kappa shape index (κ2) is 7.01. The molecule has 0 amide bonds. The van der Waals surface area contributed by atoms with E-state index in [9.17, 15) is 0 Å². The molecule has 0 saturated heterocycles. The minimum absolute atomic E-state index is 0.0531. The van der Waals surface area contributed by atoms with Gasteiger partial charge in [0.1, 0.15) is 29.5 Å². The molecule has 2 heterocycles. The van der Waals surface area contributed by atoms with E-state index >= 15 is 0 Å². The summed E-state index contributed by atoms with van der Waals surface area (Å²) in [7, 11) is 1.81. The molecule has 0 spiro atoms. The molecule has 6 nitrogen and oxygen atoms in total. The van der Waals surface area contributed by atoms with Gasteiger partial charge in [0.2, 0.25) is 5.95 Å². The van der Waals surface area contributed by atoms with Crippen LogP contribution in [0.3, 0.4) is 0 Å². The Bertz CT molecular complexity index is 868. The van der Waals surface area contributed by atoms with Crippen LogP contribution in [0.5, 0.6) is 5.75 Å². The highest BCUT2D eigenvalue weighted by atomic mass is 35.5. The highest BCUT2D eigenvalue weighted by Gasteiger charge is 2.15.